The van der Waals surface area contributed by atoms with Crippen molar-refractivity contribution in [3.05, 3.63) is 138 Å². The van der Waals surface area contributed by atoms with E-state index >= 15 is 0 Å². The Morgan fingerprint density at radius 1 is 0.538 bits per heavy atom. The number of rotatable bonds is 11. The lowest BCUT2D eigenvalue weighted by atomic mass is 9.89. The first-order chi connectivity index (χ1) is 19.1. The van der Waals surface area contributed by atoms with Crippen LogP contribution in [-0.2, 0) is 4.74 Å². The third kappa shape index (κ3) is 5.51. The SMILES string of the molecule is CC1=C(OCCCCCC[P+](c2ccccc2)(c2ccccc2)c2ccccc2)C(=O)c2ccccc2C1=O. The number of benzene rings is 4. The van der Waals surface area contributed by atoms with Crippen LogP contribution in [0.15, 0.2) is 127 Å². The number of Topliss-reactive ketones (excluding diaryl/α,β-unsaturated/α-hetero) is 2. The minimum Gasteiger partial charge on any atom is -0.489 e. The molecule has 0 amide bonds. The first-order valence-corrected chi connectivity index (χ1v) is 15.7. The van der Waals surface area contributed by atoms with Crippen molar-refractivity contribution in [2.24, 2.45) is 0 Å². The fourth-order valence-corrected chi connectivity index (χ4v) is 9.92. The normalized spacial score (nSPS) is 13.4. The quantitative estimate of drug-likeness (QED) is 0.155. The fraction of sp³-hybridized carbons (Fsp3) is 0.200. The predicted molar refractivity (Wildman–Crippen MR) is 162 cm³/mol. The van der Waals surface area contributed by atoms with Gasteiger partial charge in [-0.05, 0) is 69.0 Å². The van der Waals surface area contributed by atoms with Gasteiger partial charge in [-0.25, -0.2) is 0 Å². The van der Waals surface area contributed by atoms with E-state index < -0.39 is 7.26 Å². The Balaban J connectivity index is 1.24. The fourth-order valence-electron chi connectivity index (χ4n) is 5.51. The number of carbonyl (C=O) groups is 2. The number of ether oxygens (including phenoxy) is 1. The van der Waals surface area contributed by atoms with Crippen molar-refractivity contribution in [3.8, 4) is 0 Å². The van der Waals surface area contributed by atoms with Gasteiger partial charge in [-0.2, -0.15) is 0 Å². The Morgan fingerprint density at radius 2 is 0.974 bits per heavy atom. The molecule has 0 N–H and O–H groups in total. The number of carbonyl (C=O) groups excluding carboxylic acids is 2. The zero-order valence-electron chi connectivity index (χ0n) is 22.4. The van der Waals surface area contributed by atoms with Crippen LogP contribution in [0.3, 0.4) is 0 Å². The highest BCUT2D eigenvalue weighted by atomic mass is 31.2. The highest BCUT2D eigenvalue weighted by Crippen LogP contribution is 2.56. The molecule has 4 aromatic carbocycles. The molecule has 1 aliphatic carbocycles. The molecule has 4 aromatic rings. The highest BCUT2D eigenvalue weighted by molar-refractivity contribution is 7.95. The van der Waals surface area contributed by atoms with Crippen LogP contribution in [0.1, 0.15) is 53.3 Å². The Morgan fingerprint density at radius 3 is 1.49 bits per heavy atom. The van der Waals surface area contributed by atoms with Crippen LogP contribution in [0, 0.1) is 0 Å². The Hall–Kier alpha value is -3.81. The molecule has 1 aliphatic rings. The highest BCUT2D eigenvalue weighted by Gasteiger charge is 2.44. The number of fused-ring (bicyclic) bond motifs is 1. The standard InChI is InChI=1S/C35H34O3P/c1-27-33(36)31-23-13-14-24-32(31)34(37)35(27)38-25-15-2-3-16-26-39(28-17-7-4-8-18-28,29-19-9-5-10-20-29)30-21-11-6-12-22-30/h4-14,17-24H,2-3,15-16,25-26H2,1H3/q+1. The van der Waals surface area contributed by atoms with E-state index in [9.17, 15) is 9.59 Å². The van der Waals surface area contributed by atoms with Gasteiger partial charge in [-0.15, -0.1) is 0 Å². The molecule has 0 saturated carbocycles. The van der Waals surface area contributed by atoms with Gasteiger partial charge in [0, 0.05) is 16.7 Å². The first kappa shape index (κ1) is 26.8. The summed E-state index contributed by atoms with van der Waals surface area (Å²) in [5, 5.41) is 4.23. The number of hydrogen-bond donors (Lipinski definition) is 0. The Kier molecular flexibility index (Phi) is 8.49. The third-order valence-corrected chi connectivity index (χ3v) is 12.1. The van der Waals surface area contributed by atoms with Gasteiger partial charge in [-0.3, -0.25) is 9.59 Å². The van der Waals surface area contributed by atoms with Crippen molar-refractivity contribution >= 4 is 34.7 Å². The van der Waals surface area contributed by atoms with E-state index in [-0.39, 0.29) is 17.3 Å². The van der Waals surface area contributed by atoms with Crippen molar-refractivity contribution < 1.29 is 14.3 Å². The molecule has 196 valence electrons. The van der Waals surface area contributed by atoms with Gasteiger partial charge in [0.25, 0.3) is 0 Å². The van der Waals surface area contributed by atoms with Gasteiger partial charge in [0.15, 0.2) is 11.5 Å². The van der Waals surface area contributed by atoms with Gasteiger partial charge >= 0.3 is 0 Å². The van der Waals surface area contributed by atoms with Crippen LogP contribution in [-0.4, -0.2) is 24.3 Å². The van der Waals surface area contributed by atoms with Crippen LogP contribution >= 0.6 is 7.26 Å². The van der Waals surface area contributed by atoms with E-state index in [0.29, 0.717) is 23.3 Å². The molecule has 0 spiro atoms. The molecule has 5 rings (SSSR count). The second-order valence-electron chi connectivity index (χ2n) is 9.96. The summed E-state index contributed by atoms with van der Waals surface area (Å²) >= 11 is 0. The van der Waals surface area contributed by atoms with Crippen LogP contribution in [0.4, 0.5) is 0 Å². The molecular formula is C35H34O3P+. The van der Waals surface area contributed by atoms with Gasteiger partial charge in [0.05, 0.1) is 12.8 Å². The molecule has 0 unspecified atom stereocenters. The van der Waals surface area contributed by atoms with Crippen molar-refractivity contribution in [3.63, 3.8) is 0 Å². The maximum atomic E-state index is 12.9. The Bertz CT molecular complexity index is 1360. The molecule has 0 aliphatic heterocycles. The summed E-state index contributed by atoms with van der Waals surface area (Å²) in [4.78, 5) is 25.6. The summed E-state index contributed by atoms with van der Waals surface area (Å²) in [7, 11) is -1.81. The maximum absolute atomic E-state index is 12.9. The zero-order chi connectivity index (χ0) is 27.1. The van der Waals surface area contributed by atoms with Gasteiger partial charge in [0.1, 0.15) is 23.2 Å². The summed E-state index contributed by atoms with van der Waals surface area (Å²) in [5.41, 5.74) is 1.31. The summed E-state index contributed by atoms with van der Waals surface area (Å²) in [6.07, 6.45) is 5.11. The number of ketones is 2. The molecule has 0 bridgehead atoms. The van der Waals surface area contributed by atoms with Crippen LogP contribution in [0.2, 0.25) is 0 Å². The molecule has 0 atom stereocenters. The van der Waals surface area contributed by atoms with E-state index in [2.05, 4.69) is 91.0 Å². The lowest BCUT2D eigenvalue weighted by Gasteiger charge is -2.27. The summed E-state index contributed by atoms with van der Waals surface area (Å²) < 4.78 is 5.91. The second-order valence-corrected chi connectivity index (χ2v) is 13.6. The average Bonchev–Trinajstić information content (AvgIpc) is 3.00. The molecular weight excluding hydrogens is 499 g/mol. The van der Waals surface area contributed by atoms with Crippen molar-refractivity contribution in [2.75, 3.05) is 12.8 Å². The smallest absolute Gasteiger partial charge is 0.228 e. The number of unbranched alkanes of at least 4 members (excludes halogenated alkanes) is 3. The monoisotopic (exact) mass is 533 g/mol. The molecule has 3 nitrogen and oxygen atoms in total. The number of hydrogen-bond acceptors (Lipinski definition) is 3. The van der Waals surface area contributed by atoms with Gasteiger partial charge < -0.3 is 4.74 Å². The molecule has 0 heterocycles. The van der Waals surface area contributed by atoms with Gasteiger partial charge in [0.2, 0.25) is 5.78 Å². The van der Waals surface area contributed by atoms with E-state index in [4.69, 9.17) is 4.74 Å². The molecule has 0 radical (unpaired) electrons. The molecule has 39 heavy (non-hydrogen) atoms. The molecule has 0 aromatic heterocycles. The zero-order valence-corrected chi connectivity index (χ0v) is 23.3. The van der Waals surface area contributed by atoms with E-state index in [1.54, 1.807) is 31.2 Å². The third-order valence-electron chi connectivity index (χ3n) is 7.53. The first-order valence-electron chi connectivity index (χ1n) is 13.7. The molecule has 0 fully saturated rings. The van der Waals surface area contributed by atoms with E-state index in [1.807, 2.05) is 0 Å². The van der Waals surface area contributed by atoms with Crippen LogP contribution < -0.4 is 15.9 Å². The Labute approximate surface area is 231 Å². The van der Waals surface area contributed by atoms with E-state index in [0.717, 1.165) is 31.8 Å². The van der Waals surface area contributed by atoms with Gasteiger partial charge in [-0.1, -0.05) is 78.9 Å². The molecule has 0 saturated heterocycles. The summed E-state index contributed by atoms with van der Waals surface area (Å²) in [6, 6.07) is 39.9. The second kappa shape index (κ2) is 12.4. The molecule has 4 heteroatoms. The van der Waals surface area contributed by atoms with Crippen LogP contribution in [0.5, 0.6) is 0 Å². The maximum Gasteiger partial charge on any atom is 0.228 e. The lowest BCUT2D eigenvalue weighted by molar-refractivity contribution is 0.0868. The predicted octanol–water partition coefficient (Wildman–Crippen LogP) is 6.91. The largest absolute Gasteiger partial charge is 0.489 e. The van der Waals surface area contributed by atoms with E-state index in [1.165, 1.54) is 15.9 Å². The number of allylic oxidation sites excluding steroid dienone is 2. The minimum absolute atomic E-state index is 0.122. The van der Waals surface area contributed by atoms with Crippen LogP contribution in [0.25, 0.3) is 0 Å². The lowest BCUT2D eigenvalue weighted by Crippen LogP contribution is -2.33. The summed E-state index contributed by atoms with van der Waals surface area (Å²) in [6.45, 7) is 2.12. The van der Waals surface area contributed by atoms with Crippen molar-refractivity contribution in [1.82, 2.24) is 0 Å². The summed E-state index contributed by atoms with van der Waals surface area (Å²) in [5.74, 6) is -0.102. The minimum atomic E-state index is -1.81. The van der Waals surface area contributed by atoms with Crippen molar-refractivity contribution in [1.29, 1.82) is 0 Å². The topological polar surface area (TPSA) is 43.4 Å². The van der Waals surface area contributed by atoms with Crippen molar-refractivity contribution in [2.45, 2.75) is 32.6 Å². The average molecular weight is 534 g/mol.